The van der Waals surface area contributed by atoms with Crippen molar-refractivity contribution in [3.63, 3.8) is 0 Å². The van der Waals surface area contributed by atoms with Crippen molar-refractivity contribution in [3.8, 4) is 0 Å². The first kappa shape index (κ1) is 16.7. The predicted octanol–water partition coefficient (Wildman–Crippen LogP) is 5.44. The highest BCUT2D eigenvalue weighted by Gasteiger charge is 2.47. The number of aryl methyl sites for hydroxylation is 2. The van der Waals surface area contributed by atoms with Gasteiger partial charge in [0.2, 0.25) is 5.72 Å². The van der Waals surface area contributed by atoms with E-state index in [1.165, 1.54) is 5.56 Å². The van der Waals surface area contributed by atoms with Crippen LogP contribution in [0.1, 0.15) is 32.6 Å². The van der Waals surface area contributed by atoms with E-state index in [-0.39, 0.29) is 5.97 Å². The Labute approximate surface area is 157 Å². The summed E-state index contributed by atoms with van der Waals surface area (Å²) in [4.78, 5) is 12.6. The number of cyclic esters (lactones) is 1. The molecule has 0 spiro atoms. The van der Waals surface area contributed by atoms with Gasteiger partial charge in [0.05, 0.1) is 5.56 Å². The minimum atomic E-state index is -1.09. The minimum absolute atomic E-state index is 0.339. The average molecular weight is 364 g/mol. The van der Waals surface area contributed by atoms with Gasteiger partial charge in [-0.2, -0.15) is 0 Å². The summed E-state index contributed by atoms with van der Waals surface area (Å²) >= 11 is 6.15. The molecule has 0 saturated carbocycles. The fourth-order valence-electron chi connectivity index (χ4n) is 3.33. The van der Waals surface area contributed by atoms with Crippen molar-refractivity contribution in [1.29, 1.82) is 0 Å². The standard InChI is InChI=1S/C22H18ClNO2/c1-14-10-11-16(12-15(14)2)22(24-18-7-5-6-17(23)13-18)20-9-4-3-8-19(20)21(25)26-22/h3-13,24H,1-2H3. The Morgan fingerprint density at radius 1 is 0.923 bits per heavy atom. The summed E-state index contributed by atoms with van der Waals surface area (Å²) in [6.45, 7) is 4.11. The monoisotopic (exact) mass is 363 g/mol. The maximum absolute atomic E-state index is 12.6. The number of rotatable bonds is 3. The van der Waals surface area contributed by atoms with Crippen molar-refractivity contribution in [2.45, 2.75) is 19.6 Å². The zero-order valence-electron chi connectivity index (χ0n) is 14.5. The van der Waals surface area contributed by atoms with Gasteiger partial charge in [0.1, 0.15) is 0 Å². The van der Waals surface area contributed by atoms with E-state index < -0.39 is 5.72 Å². The topological polar surface area (TPSA) is 38.3 Å². The molecule has 26 heavy (non-hydrogen) atoms. The van der Waals surface area contributed by atoms with Crippen molar-refractivity contribution < 1.29 is 9.53 Å². The Balaban J connectivity index is 1.93. The number of halogens is 1. The predicted molar refractivity (Wildman–Crippen MR) is 104 cm³/mol. The highest BCUT2D eigenvalue weighted by atomic mass is 35.5. The molecule has 0 saturated heterocycles. The highest BCUT2D eigenvalue weighted by Crippen LogP contribution is 2.43. The second-order valence-corrected chi connectivity index (χ2v) is 6.99. The zero-order valence-corrected chi connectivity index (χ0v) is 15.3. The fourth-order valence-corrected chi connectivity index (χ4v) is 3.52. The molecule has 3 nitrogen and oxygen atoms in total. The van der Waals surface area contributed by atoms with Crippen LogP contribution < -0.4 is 5.32 Å². The largest absolute Gasteiger partial charge is 0.427 e. The number of carbonyl (C=O) groups is 1. The number of hydrogen-bond donors (Lipinski definition) is 1. The lowest BCUT2D eigenvalue weighted by Gasteiger charge is -2.32. The van der Waals surface area contributed by atoms with Gasteiger partial charge in [-0.25, -0.2) is 4.79 Å². The van der Waals surface area contributed by atoms with Gasteiger partial charge in [-0.3, -0.25) is 0 Å². The summed E-state index contributed by atoms with van der Waals surface area (Å²) in [5.41, 5.74) is 4.25. The van der Waals surface area contributed by atoms with Crippen LogP contribution in [0, 0.1) is 13.8 Å². The van der Waals surface area contributed by atoms with Gasteiger partial charge >= 0.3 is 5.97 Å². The third kappa shape index (κ3) is 2.65. The van der Waals surface area contributed by atoms with E-state index in [4.69, 9.17) is 16.3 Å². The van der Waals surface area contributed by atoms with E-state index in [1.54, 1.807) is 6.07 Å². The molecular formula is C22H18ClNO2. The summed E-state index contributed by atoms with van der Waals surface area (Å²) in [5, 5.41) is 4.03. The second kappa shape index (κ2) is 6.19. The molecule has 0 aromatic heterocycles. The van der Waals surface area contributed by atoms with Crippen LogP contribution >= 0.6 is 11.6 Å². The normalized spacial score (nSPS) is 18.3. The number of benzene rings is 3. The van der Waals surface area contributed by atoms with E-state index in [0.29, 0.717) is 10.6 Å². The van der Waals surface area contributed by atoms with E-state index in [2.05, 4.69) is 25.2 Å². The summed E-state index contributed by atoms with van der Waals surface area (Å²) in [6.07, 6.45) is 0. The number of esters is 1. The van der Waals surface area contributed by atoms with Crippen molar-refractivity contribution in [1.82, 2.24) is 0 Å². The van der Waals surface area contributed by atoms with Crippen LogP contribution in [0.15, 0.2) is 66.7 Å². The van der Waals surface area contributed by atoms with E-state index in [1.807, 2.05) is 54.6 Å². The van der Waals surface area contributed by atoms with Crippen molar-refractivity contribution >= 4 is 23.3 Å². The smallest absolute Gasteiger partial charge is 0.341 e. The zero-order chi connectivity index (χ0) is 18.3. The molecule has 130 valence electrons. The second-order valence-electron chi connectivity index (χ2n) is 6.55. The average Bonchev–Trinajstić information content (AvgIpc) is 2.91. The van der Waals surface area contributed by atoms with Crippen molar-refractivity contribution in [2.24, 2.45) is 0 Å². The third-order valence-corrected chi connectivity index (χ3v) is 5.07. The van der Waals surface area contributed by atoms with Gasteiger partial charge in [-0.05, 0) is 55.3 Å². The molecule has 1 heterocycles. The molecule has 4 heteroatoms. The molecule has 1 atom stereocenters. The molecular weight excluding hydrogens is 346 g/mol. The van der Waals surface area contributed by atoms with Crippen LogP contribution in [0.4, 0.5) is 5.69 Å². The van der Waals surface area contributed by atoms with E-state index >= 15 is 0 Å². The van der Waals surface area contributed by atoms with Crippen LogP contribution in [-0.2, 0) is 10.5 Å². The Morgan fingerprint density at radius 3 is 2.50 bits per heavy atom. The van der Waals surface area contributed by atoms with E-state index in [9.17, 15) is 4.79 Å². The molecule has 0 amide bonds. The lowest BCUT2D eigenvalue weighted by Crippen LogP contribution is -2.37. The fraction of sp³-hybridized carbons (Fsp3) is 0.136. The highest BCUT2D eigenvalue weighted by molar-refractivity contribution is 6.30. The van der Waals surface area contributed by atoms with Crippen LogP contribution in [0.25, 0.3) is 0 Å². The molecule has 1 aliphatic heterocycles. The Hall–Kier alpha value is -2.78. The number of fused-ring (bicyclic) bond motifs is 1. The molecule has 1 aliphatic rings. The van der Waals surface area contributed by atoms with Gasteiger partial charge < -0.3 is 10.1 Å². The quantitative estimate of drug-likeness (QED) is 0.629. The molecule has 3 aromatic carbocycles. The summed E-state index contributed by atoms with van der Waals surface area (Å²) < 4.78 is 5.95. The molecule has 0 aliphatic carbocycles. The Morgan fingerprint density at radius 2 is 1.73 bits per heavy atom. The number of anilines is 1. The van der Waals surface area contributed by atoms with Gasteiger partial charge in [0.25, 0.3) is 0 Å². The number of ether oxygens (including phenoxy) is 1. The molecule has 1 N–H and O–H groups in total. The maximum atomic E-state index is 12.6. The SMILES string of the molecule is Cc1ccc(C2(Nc3cccc(Cl)c3)OC(=O)c3ccccc32)cc1C. The van der Waals surface area contributed by atoms with Crippen LogP contribution in [0.5, 0.6) is 0 Å². The lowest BCUT2D eigenvalue weighted by molar-refractivity contribution is 0.0212. The van der Waals surface area contributed by atoms with Crippen molar-refractivity contribution in [3.05, 3.63) is 99.6 Å². The maximum Gasteiger partial charge on any atom is 0.341 e. The first-order valence-corrected chi connectivity index (χ1v) is 8.82. The Bertz CT molecular complexity index is 1010. The molecule has 0 fully saturated rings. The van der Waals surface area contributed by atoms with Gasteiger partial charge in [-0.1, -0.05) is 48.0 Å². The summed E-state index contributed by atoms with van der Waals surface area (Å²) in [6, 6.07) is 21.0. The van der Waals surface area contributed by atoms with E-state index in [0.717, 1.165) is 22.4 Å². The van der Waals surface area contributed by atoms with Crippen LogP contribution in [0.3, 0.4) is 0 Å². The first-order valence-electron chi connectivity index (χ1n) is 8.44. The Kier molecular flexibility index (Phi) is 3.97. The van der Waals surface area contributed by atoms with Gasteiger partial charge in [-0.15, -0.1) is 0 Å². The summed E-state index contributed by atoms with van der Waals surface area (Å²) in [7, 11) is 0. The number of carbonyl (C=O) groups excluding carboxylic acids is 1. The first-order chi connectivity index (χ1) is 12.5. The minimum Gasteiger partial charge on any atom is -0.427 e. The third-order valence-electron chi connectivity index (χ3n) is 4.83. The molecule has 0 radical (unpaired) electrons. The molecule has 4 rings (SSSR count). The number of hydrogen-bond acceptors (Lipinski definition) is 3. The van der Waals surface area contributed by atoms with Crippen LogP contribution in [-0.4, -0.2) is 5.97 Å². The lowest BCUT2D eigenvalue weighted by atomic mass is 9.90. The molecule has 3 aromatic rings. The van der Waals surface area contributed by atoms with Crippen LogP contribution in [0.2, 0.25) is 5.02 Å². The number of nitrogens with one attached hydrogen (secondary N) is 1. The molecule has 1 unspecified atom stereocenters. The summed E-state index contributed by atoms with van der Waals surface area (Å²) in [5.74, 6) is -0.339. The van der Waals surface area contributed by atoms with Gasteiger partial charge in [0, 0.05) is 21.8 Å². The van der Waals surface area contributed by atoms with Gasteiger partial charge in [0.15, 0.2) is 0 Å². The van der Waals surface area contributed by atoms with Crippen molar-refractivity contribution in [2.75, 3.05) is 5.32 Å². The molecule has 0 bridgehead atoms.